The third kappa shape index (κ3) is 7.59. The summed E-state index contributed by atoms with van der Waals surface area (Å²) in [5, 5.41) is 9.90. The molecular formula is C30H40N4O. The predicted octanol–water partition coefficient (Wildman–Crippen LogP) is 6.48. The molecule has 35 heavy (non-hydrogen) atoms. The molecule has 3 rings (SSSR count). The largest absolute Gasteiger partial charge is 0.378 e. The quantitative estimate of drug-likeness (QED) is 0.296. The maximum Gasteiger partial charge on any atom is 0.320 e. The van der Waals surface area contributed by atoms with Gasteiger partial charge in [0.15, 0.2) is 0 Å². The van der Waals surface area contributed by atoms with Gasteiger partial charge in [-0.2, -0.15) is 0 Å². The summed E-state index contributed by atoms with van der Waals surface area (Å²) in [5.41, 5.74) is 6.73. The summed E-state index contributed by atoms with van der Waals surface area (Å²) >= 11 is 0. The van der Waals surface area contributed by atoms with Gasteiger partial charge in [-0.25, -0.2) is 4.79 Å². The highest BCUT2D eigenvalue weighted by molar-refractivity contribution is 5.91. The number of rotatable bonds is 10. The van der Waals surface area contributed by atoms with Gasteiger partial charge in [0.05, 0.1) is 6.17 Å². The summed E-state index contributed by atoms with van der Waals surface area (Å²) < 4.78 is 0. The molecule has 5 nitrogen and oxygen atoms in total. The monoisotopic (exact) mass is 472 g/mol. The fourth-order valence-electron chi connectivity index (χ4n) is 4.18. The molecule has 186 valence electrons. The van der Waals surface area contributed by atoms with Crippen molar-refractivity contribution >= 4 is 17.4 Å². The van der Waals surface area contributed by atoms with Crippen LogP contribution in [0.1, 0.15) is 61.8 Å². The lowest BCUT2D eigenvalue weighted by atomic mass is 9.93. The van der Waals surface area contributed by atoms with E-state index in [-0.39, 0.29) is 12.2 Å². The van der Waals surface area contributed by atoms with Crippen LogP contribution < -0.4 is 20.9 Å². The van der Waals surface area contributed by atoms with Gasteiger partial charge in [0, 0.05) is 38.4 Å². The van der Waals surface area contributed by atoms with Gasteiger partial charge in [-0.05, 0) is 46.2 Å². The molecule has 0 spiro atoms. The number of nitrogens with zero attached hydrogens (tertiary/aromatic N) is 1. The molecular weight excluding hydrogens is 432 g/mol. The zero-order valence-corrected chi connectivity index (χ0v) is 21.9. The lowest BCUT2D eigenvalue weighted by molar-refractivity contribution is 0.245. The molecule has 0 bridgehead atoms. The molecule has 0 fully saturated rings. The molecule has 5 heteroatoms. The standard InChI is InChI=1S/C30H40N4O/c1-21(2)26-13-10-14-27(22(3)4)29(26)33-30(35)32-28(19-23-11-8-7-9-12-23)31-20-24-15-17-25(18-16-24)34(5)6/h7-18,21-22,28,31H,19-20H2,1-6H3,(H2,32,33,35). The van der Waals surface area contributed by atoms with E-state index in [9.17, 15) is 4.79 Å². The van der Waals surface area contributed by atoms with E-state index in [0.717, 1.165) is 22.5 Å². The van der Waals surface area contributed by atoms with Crippen molar-refractivity contribution in [3.8, 4) is 0 Å². The van der Waals surface area contributed by atoms with Crippen molar-refractivity contribution < 1.29 is 4.79 Å². The van der Waals surface area contributed by atoms with Gasteiger partial charge in [0.1, 0.15) is 0 Å². The Bertz CT molecular complexity index is 1050. The number of benzene rings is 3. The molecule has 0 radical (unpaired) electrons. The minimum Gasteiger partial charge on any atom is -0.378 e. The number of anilines is 2. The lowest BCUT2D eigenvalue weighted by Crippen LogP contribution is -2.48. The Morgan fingerprint density at radius 3 is 1.91 bits per heavy atom. The van der Waals surface area contributed by atoms with Crippen LogP contribution in [0.3, 0.4) is 0 Å². The van der Waals surface area contributed by atoms with Crippen LogP contribution in [0.5, 0.6) is 0 Å². The predicted molar refractivity (Wildman–Crippen MR) is 148 cm³/mol. The molecule has 1 atom stereocenters. The van der Waals surface area contributed by atoms with Crippen molar-refractivity contribution in [3.63, 3.8) is 0 Å². The molecule has 1 unspecified atom stereocenters. The number of amides is 2. The normalized spacial score (nSPS) is 12.0. The number of hydrogen-bond acceptors (Lipinski definition) is 3. The zero-order chi connectivity index (χ0) is 25.4. The third-order valence-electron chi connectivity index (χ3n) is 6.20. The van der Waals surface area contributed by atoms with Gasteiger partial charge in [-0.1, -0.05) is 88.4 Å². The molecule has 0 aliphatic heterocycles. The molecule has 2 amide bonds. The van der Waals surface area contributed by atoms with Gasteiger partial charge in [0.25, 0.3) is 0 Å². The Kier molecular flexibility index (Phi) is 9.32. The Morgan fingerprint density at radius 1 is 0.771 bits per heavy atom. The summed E-state index contributed by atoms with van der Waals surface area (Å²) in [6, 6.07) is 24.8. The average Bonchev–Trinajstić information content (AvgIpc) is 2.83. The lowest BCUT2D eigenvalue weighted by Gasteiger charge is -2.24. The number of hydrogen-bond donors (Lipinski definition) is 3. The third-order valence-corrected chi connectivity index (χ3v) is 6.20. The first-order valence-electron chi connectivity index (χ1n) is 12.5. The van der Waals surface area contributed by atoms with Gasteiger partial charge in [-0.15, -0.1) is 0 Å². The first kappa shape index (κ1) is 26.3. The summed E-state index contributed by atoms with van der Waals surface area (Å²) in [6.45, 7) is 9.28. The van der Waals surface area contributed by atoms with Crippen LogP contribution >= 0.6 is 0 Å². The Balaban J connectivity index is 1.75. The van der Waals surface area contributed by atoms with Crippen LogP contribution in [0.25, 0.3) is 0 Å². The van der Waals surface area contributed by atoms with E-state index in [1.165, 1.54) is 11.1 Å². The van der Waals surface area contributed by atoms with Crippen LogP contribution in [-0.2, 0) is 13.0 Å². The van der Waals surface area contributed by atoms with Crippen LogP contribution in [-0.4, -0.2) is 26.3 Å². The number of nitrogens with one attached hydrogen (secondary N) is 3. The highest BCUT2D eigenvalue weighted by atomic mass is 16.2. The maximum atomic E-state index is 13.2. The van der Waals surface area contributed by atoms with E-state index in [1.54, 1.807) is 0 Å². The maximum absolute atomic E-state index is 13.2. The average molecular weight is 473 g/mol. The topological polar surface area (TPSA) is 56.4 Å². The van der Waals surface area contributed by atoms with E-state index >= 15 is 0 Å². The minimum atomic E-state index is -0.223. The molecule has 0 aliphatic rings. The van der Waals surface area contributed by atoms with Gasteiger partial charge in [0.2, 0.25) is 0 Å². The zero-order valence-electron chi connectivity index (χ0n) is 21.9. The van der Waals surface area contributed by atoms with Crippen molar-refractivity contribution in [2.75, 3.05) is 24.3 Å². The summed E-state index contributed by atoms with van der Waals surface area (Å²) in [6.07, 6.45) is 0.465. The molecule has 0 aromatic heterocycles. The highest BCUT2D eigenvalue weighted by Gasteiger charge is 2.18. The van der Waals surface area contributed by atoms with E-state index in [4.69, 9.17) is 0 Å². The first-order chi connectivity index (χ1) is 16.7. The van der Waals surface area contributed by atoms with Crippen molar-refractivity contribution in [1.29, 1.82) is 0 Å². The van der Waals surface area contributed by atoms with Crippen molar-refractivity contribution in [2.45, 2.75) is 58.7 Å². The Morgan fingerprint density at radius 2 is 1.37 bits per heavy atom. The van der Waals surface area contributed by atoms with Crippen molar-refractivity contribution in [3.05, 3.63) is 95.1 Å². The van der Waals surface area contributed by atoms with Crippen LogP contribution in [0, 0.1) is 0 Å². The second kappa shape index (κ2) is 12.4. The second-order valence-electron chi connectivity index (χ2n) is 9.90. The van der Waals surface area contributed by atoms with Gasteiger partial charge in [-0.3, -0.25) is 5.32 Å². The molecule has 0 heterocycles. The van der Waals surface area contributed by atoms with E-state index in [2.05, 4.69) is 103 Å². The molecule has 3 aromatic rings. The van der Waals surface area contributed by atoms with E-state index in [0.29, 0.717) is 24.8 Å². The summed E-state index contributed by atoms with van der Waals surface area (Å²) in [4.78, 5) is 15.3. The SMILES string of the molecule is CC(C)c1cccc(C(C)C)c1NC(=O)NC(Cc1ccccc1)NCc1ccc(N(C)C)cc1. The fourth-order valence-corrected chi connectivity index (χ4v) is 4.18. The Labute approximate surface area is 210 Å². The smallest absolute Gasteiger partial charge is 0.320 e. The number of para-hydroxylation sites is 1. The van der Waals surface area contributed by atoms with Gasteiger partial charge < -0.3 is 15.5 Å². The number of carbonyl (C=O) groups excluding carboxylic acids is 1. The summed E-state index contributed by atoms with van der Waals surface area (Å²) in [5.74, 6) is 0.625. The molecule has 0 aliphatic carbocycles. The fraction of sp³-hybridized carbons (Fsp3) is 0.367. The molecule has 0 saturated carbocycles. The van der Waals surface area contributed by atoms with Crippen LogP contribution in [0.2, 0.25) is 0 Å². The first-order valence-corrected chi connectivity index (χ1v) is 12.5. The van der Waals surface area contributed by atoms with Crippen molar-refractivity contribution in [2.24, 2.45) is 0 Å². The van der Waals surface area contributed by atoms with E-state index < -0.39 is 0 Å². The molecule has 0 saturated heterocycles. The van der Waals surface area contributed by atoms with Crippen LogP contribution in [0.4, 0.5) is 16.2 Å². The number of urea groups is 1. The minimum absolute atomic E-state index is 0.198. The summed E-state index contributed by atoms with van der Waals surface area (Å²) in [7, 11) is 4.07. The van der Waals surface area contributed by atoms with Crippen molar-refractivity contribution in [1.82, 2.24) is 10.6 Å². The van der Waals surface area contributed by atoms with Crippen LogP contribution in [0.15, 0.2) is 72.8 Å². The highest BCUT2D eigenvalue weighted by Crippen LogP contribution is 2.32. The van der Waals surface area contributed by atoms with E-state index in [1.807, 2.05) is 32.3 Å². The Hall–Kier alpha value is -3.31. The second-order valence-corrected chi connectivity index (χ2v) is 9.90. The molecule has 3 aromatic carbocycles. The number of carbonyl (C=O) groups is 1. The molecule has 3 N–H and O–H groups in total. The van der Waals surface area contributed by atoms with Gasteiger partial charge >= 0.3 is 6.03 Å².